The van der Waals surface area contributed by atoms with Gasteiger partial charge in [-0.1, -0.05) is 30.3 Å². The maximum absolute atomic E-state index is 12.4. The van der Waals surface area contributed by atoms with Crippen molar-refractivity contribution in [2.45, 2.75) is 26.0 Å². The van der Waals surface area contributed by atoms with Crippen LogP contribution in [0.5, 0.6) is 0 Å². The first-order chi connectivity index (χ1) is 10.0. The van der Waals surface area contributed by atoms with Gasteiger partial charge in [0.25, 0.3) is 5.91 Å². The molecule has 1 N–H and O–H groups in total. The summed E-state index contributed by atoms with van der Waals surface area (Å²) in [7, 11) is 1.68. The summed E-state index contributed by atoms with van der Waals surface area (Å²) < 4.78 is 0. The zero-order chi connectivity index (χ0) is 15.4. The average molecular weight is 284 g/mol. The van der Waals surface area contributed by atoms with Crippen LogP contribution in [0.15, 0.2) is 48.7 Å². The van der Waals surface area contributed by atoms with Gasteiger partial charge in [0.1, 0.15) is 5.69 Å². The van der Waals surface area contributed by atoms with E-state index in [0.29, 0.717) is 5.69 Å². The van der Waals surface area contributed by atoms with E-state index in [-0.39, 0.29) is 11.9 Å². The summed E-state index contributed by atoms with van der Waals surface area (Å²) in [6.07, 6.45) is 0.888. The number of aliphatic hydroxyl groups is 1. The molecule has 4 heteroatoms. The summed E-state index contributed by atoms with van der Waals surface area (Å²) >= 11 is 0. The number of benzene rings is 1. The summed E-state index contributed by atoms with van der Waals surface area (Å²) in [6, 6.07) is 12.6. The number of carbonyl (C=O) groups is 1. The van der Waals surface area contributed by atoms with Gasteiger partial charge in [-0.15, -0.1) is 0 Å². The largest absolute Gasteiger partial charge is 0.386 e. The third kappa shape index (κ3) is 3.47. The van der Waals surface area contributed by atoms with Gasteiger partial charge in [-0.2, -0.15) is 0 Å². The van der Waals surface area contributed by atoms with E-state index in [1.165, 1.54) is 4.90 Å². The second-order valence-corrected chi connectivity index (χ2v) is 5.23. The molecule has 2 aromatic rings. The van der Waals surface area contributed by atoms with E-state index in [1.807, 2.05) is 50.2 Å². The van der Waals surface area contributed by atoms with Gasteiger partial charge in [-0.3, -0.25) is 9.78 Å². The molecule has 0 spiro atoms. The minimum atomic E-state index is -0.732. The number of likely N-dealkylation sites (N-methyl/N-ethyl adjacent to an activating group) is 1. The Morgan fingerprint density at radius 2 is 1.90 bits per heavy atom. The molecule has 110 valence electrons. The van der Waals surface area contributed by atoms with Crippen molar-refractivity contribution in [2.75, 3.05) is 7.05 Å². The van der Waals surface area contributed by atoms with E-state index in [4.69, 9.17) is 0 Å². The molecule has 0 aliphatic heterocycles. The Kier molecular flexibility index (Phi) is 4.70. The molecular formula is C17H20N2O2. The Balaban J connectivity index is 2.15. The highest BCUT2D eigenvalue weighted by Crippen LogP contribution is 2.20. The number of carbonyl (C=O) groups excluding carboxylic acids is 1. The van der Waals surface area contributed by atoms with Gasteiger partial charge in [0, 0.05) is 13.2 Å². The first-order valence-electron chi connectivity index (χ1n) is 6.93. The lowest BCUT2D eigenvalue weighted by Gasteiger charge is -2.29. The number of aromatic nitrogens is 1. The Morgan fingerprint density at radius 3 is 2.52 bits per heavy atom. The predicted octanol–water partition coefficient (Wildman–Crippen LogP) is 2.58. The van der Waals surface area contributed by atoms with Crippen LogP contribution >= 0.6 is 0 Å². The fourth-order valence-corrected chi connectivity index (χ4v) is 2.16. The smallest absolute Gasteiger partial charge is 0.272 e. The van der Waals surface area contributed by atoms with Crippen LogP contribution in [0, 0.1) is 6.92 Å². The van der Waals surface area contributed by atoms with Crippen LogP contribution in [0.1, 0.15) is 34.6 Å². The third-order valence-corrected chi connectivity index (χ3v) is 3.66. The molecule has 0 radical (unpaired) electrons. The maximum Gasteiger partial charge on any atom is 0.272 e. The molecule has 2 rings (SSSR count). The molecular weight excluding hydrogens is 264 g/mol. The average Bonchev–Trinajstić information content (AvgIpc) is 2.53. The van der Waals surface area contributed by atoms with E-state index in [1.54, 1.807) is 19.3 Å². The normalized spacial score (nSPS) is 13.5. The zero-order valence-corrected chi connectivity index (χ0v) is 12.5. The van der Waals surface area contributed by atoms with Crippen molar-refractivity contribution in [3.05, 3.63) is 65.5 Å². The lowest BCUT2D eigenvalue weighted by Crippen LogP contribution is -2.39. The molecule has 0 saturated heterocycles. The Bertz CT molecular complexity index is 613. The van der Waals surface area contributed by atoms with Crippen molar-refractivity contribution in [3.63, 3.8) is 0 Å². The lowest BCUT2D eigenvalue weighted by molar-refractivity contribution is 0.0482. The summed E-state index contributed by atoms with van der Waals surface area (Å²) in [6.45, 7) is 3.74. The zero-order valence-electron chi connectivity index (χ0n) is 12.5. The molecule has 1 aromatic carbocycles. The van der Waals surface area contributed by atoms with Crippen LogP contribution in [0.4, 0.5) is 0 Å². The van der Waals surface area contributed by atoms with Crippen LogP contribution < -0.4 is 0 Å². The number of amides is 1. The second kappa shape index (κ2) is 6.50. The van der Waals surface area contributed by atoms with E-state index in [9.17, 15) is 9.90 Å². The highest BCUT2D eigenvalue weighted by atomic mass is 16.3. The van der Waals surface area contributed by atoms with Crippen molar-refractivity contribution in [1.29, 1.82) is 0 Å². The fraction of sp³-hybridized carbons (Fsp3) is 0.294. The van der Waals surface area contributed by atoms with Crippen LogP contribution in [0.2, 0.25) is 0 Å². The fourth-order valence-electron chi connectivity index (χ4n) is 2.16. The van der Waals surface area contributed by atoms with Crippen molar-refractivity contribution in [1.82, 2.24) is 9.88 Å². The molecule has 4 nitrogen and oxygen atoms in total. The van der Waals surface area contributed by atoms with E-state index < -0.39 is 6.10 Å². The van der Waals surface area contributed by atoms with E-state index in [0.717, 1.165) is 11.1 Å². The number of pyridine rings is 1. The van der Waals surface area contributed by atoms with Gasteiger partial charge in [-0.25, -0.2) is 0 Å². The molecule has 0 fully saturated rings. The van der Waals surface area contributed by atoms with Crippen LogP contribution in [-0.4, -0.2) is 34.0 Å². The summed E-state index contributed by atoms with van der Waals surface area (Å²) in [4.78, 5) is 18.1. The van der Waals surface area contributed by atoms with E-state index in [2.05, 4.69) is 4.98 Å². The van der Waals surface area contributed by atoms with E-state index >= 15 is 0 Å². The number of nitrogens with zero attached hydrogens (tertiary/aromatic N) is 2. The Morgan fingerprint density at radius 1 is 1.24 bits per heavy atom. The van der Waals surface area contributed by atoms with Crippen molar-refractivity contribution >= 4 is 5.91 Å². The van der Waals surface area contributed by atoms with Crippen LogP contribution in [0.3, 0.4) is 0 Å². The number of hydrogen-bond donors (Lipinski definition) is 1. The first kappa shape index (κ1) is 15.2. The van der Waals surface area contributed by atoms with Gasteiger partial charge < -0.3 is 10.0 Å². The second-order valence-electron chi connectivity index (χ2n) is 5.23. The first-order valence-corrected chi connectivity index (χ1v) is 6.93. The number of rotatable bonds is 4. The van der Waals surface area contributed by atoms with Crippen molar-refractivity contribution in [3.8, 4) is 0 Å². The molecule has 0 aliphatic carbocycles. The van der Waals surface area contributed by atoms with Crippen LogP contribution in [-0.2, 0) is 0 Å². The number of aliphatic hydroxyl groups excluding tert-OH is 1. The third-order valence-electron chi connectivity index (χ3n) is 3.66. The molecule has 1 aromatic heterocycles. The minimum Gasteiger partial charge on any atom is -0.386 e. The molecule has 0 aliphatic rings. The molecule has 1 heterocycles. The summed E-state index contributed by atoms with van der Waals surface area (Å²) in [5.74, 6) is -0.193. The molecule has 21 heavy (non-hydrogen) atoms. The summed E-state index contributed by atoms with van der Waals surface area (Å²) in [5.41, 5.74) is 2.17. The van der Waals surface area contributed by atoms with Crippen molar-refractivity contribution in [2.24, 2.45) is 0 Å². The van der Waals surface area contributed by atoms with Gasteiger partial charge >= 0.3 is 0 Å². The summed E-state index contributed by atoms with van der Waals surface area (Å²) in [5, 5.41) is 10.4. The molecule has 0 bridgehead atoms. The quantitative estimate of drug-likeness (QED) is 0.939. The number of hydrogen-bond acceptors (Lipinski definition) is 3. The minimum absolute atomic E-state index is 0.193. The lowest BCUT2D eigenvalue weighted by atomic mass is 10.0. The molecule has 2 unspecified atom stereocenters. The van der Waals surface area contributed by atoms with Gasteiger partial charge in [-0.05, 0) is 37.1 Å². The molecule has 0 saturated carbocycles. The van der Waals surface area contributed by atoms with Gasteiger partial charge in [0.15, 0.2) is 0 Å². The monoisotopic (exact) mass is 284 g/mol. The predicted molar refractivity (Wildman–Crippen MR) is 81.9 cm³/mol. The number of aryl methyl sites for hydroxylation is 1. The molecule has 2 atom stereocenters. The van der Waals surface area contributed by atoms with Crippen molar-refractivity contribution < 1.29 is 9.90 Å². The topological polar surface area (TPSA) is 53.4 Å². The van der Waals surface area contributed by atoms with Gasteiger partial charge in [0.05, 0.1) is 12.1 Å². The maximum atomic E-state index is 12.4. The molecule has 1 amide bonds. The Labute approximate surface area is 125 Å². The van der Waals surface area contributed by atoms with Crippen LogP contribution in [0.25, 0.3) is 0 Å². The highest BCUT2D eigenvalue weighted by molar-refractivity contribution is 5.92. The van der Waals surface area contributed by atoms with Gasteiger partial charge in [0.2, 0.25) is 0 Å². The SMILES string of the molecule is Cc1ccnc(C(=O)N(C)C(C)C(O)c2ccccc2)c1. The Hall–Kier alpha value is -2.20. The highest BCUT2D eigenvalue weighted by Gasteiger charge is 2.25. The standard InChI is InChI=1S/C17H20N2O2/c1-12-9-10-18-15(11-12)17(21)19(3)13(2)16(20)14-7-5-4-6-8-14/h4-11,13,16,20H,1-3H3.